The fourth-order valence-electron chi connectivity index (χ4n) is 3.92. The monoisotopic (exact) mass is 431 g/mol. The second kappa shape index (κ2) is 9.11. The summed E-state index contributed by atoms with van der Waals surface area (Å²) in [7, 11) is -1.03. The van der Waals surface area contributed by atoms with E-state index in [1.54, 1.807) is 4.68 Å². The average Bonchev–Trinajstić information content (AvgIpc) is 3.14. The lowest BCUT2D eigenvalue weighted by Gasteiger charge is -2.34. The molecule has 1 atom stereocenters. The van der Waals surface area contributed by atoms with Crippen LogP contribution in [-0.2, 0) is 34.6 Å². The second-order valence-corrected chi connectivity index (χ2v) is 10.4. The van der Waals surface area contributed by atoms with Gasteiger partial charge in [0, 0.05) is 51.9 Å². The number of nitrogens with zero attached hydrogens (tertiary/aromatic N) is 4. The number of aromatic nitrogens is 2. The Morgan fingerprint density at radius 1 is 1.25 bits per heavy atom. The zero-order valence-corrected chi connectivity index (χ0v) is 18.2. The van der Waals surface area contributed by atoms with Gasteiger partial charge in [0.15, 0.2) is 9.84 Å². The molecule has 0 saturated carbocycles. The lowest BCUT2D eigenvalue weighted by atomic mass is 10.1. The Morgan fingerprint density at radius 3 is 2.54 bits per heavy atom. The van der Waals surface area contributed by atoms with Crippen LogP contribution in [0.5, 0.6) is 0 Å². The predicted octanol–water partition coefficient (Wildman–Crippen LogP) is 0.304. The van der Waals surface area contributed by atoms with E-state index < -0.39 is 9.84 Å². The first-order valence-electron chi connectivity index (χ1n) is 9.89. The Balaban J connectivity index is 1.40. The lowest BCUT2D eigenvalue weighted by molar-refractivity contribution is -0.122. The number of halogens is 1. The van der Waals surface area contributed by atoms with Crippen molar-refractivity contribution in [3.8, 4) is 0 Å². The topological polar surface area (TPSA) is 87.5 Å². The largest absolute Gasteiger partial charge is 0.355 e. The van der Waals surface area contributed by atoms with E-state index in [-0.39, 0.29) is 23.3 Å². The minimum atomic E-state index is -2.89. The molecule has 0 aliphatic carbocycles. The highest BCUT2D eigenvalue weighted by molar-refractivity contribution is 7.91. The molecule has 28 heavy (non-hydrogen) atoms. The molecule has 3 heterocycles. The number of sulfone groups is 1. The maximum atomic E-state index is 12.2. The van der Waals surface area contributed by atoms with Gasteiger partial charge in [0.05, 0.1) is 23.7 Å². The minimum Gasteiger partial charge on any atom is -0.355 e. The van der Waals surface area contributed by atoms with Crippen molar-refractivity contribution >= 4 is 27.3 Å². The molecule has 1 amide bonds. The smallest absolute Gasteiger partial charge is 0.234 e. The number of nitrogens with one attached hydrogen (secondary N) is 1. The van der Waals surface area contributed by atoms with Crippen LogP contribution in [0.4, 0.5) is 0 Å². The van der Waals surface area contributed by atoms with Crippen LogP contribution in [-0.4, -0.2) is 84.7 Å². The summed E-state index contributed by atoms with van der Waals surface area (Å²) >= 11 is 6.39. The molecular weight excluding hydrogens is 402 g/mol. The van der Waals surface area contributed by atoms with E-state index in [2.05, 4.69) is 27.1 Å². The first kappa shape index (κ1) is 21.5. The van der Waals surface area contributed by atoms with Crippen LogP contribution in [0, 0.1) is 5.92 Å². The van der Waals surface area contributed by atoms with Crippen molar-refractivity contribution < 1.29 is 13.2 Å². The average molecular weight is 432 g/mol. The van der Waals surface area contributed by atoms with Crippen LogP contribution in [0.3, 0.4) is 0 Å². The highest BCUT2D eigenvalue weighted by Gasteiger charge is 2.28. The maximum absolute atomic E-state index is 12.2. The van der Waals surface area contributed by atoms with E-state index in [1.165, 1.54) is 0 Å². The normalized spacial score (nSPS) is 23.2. The van der Waals surface area contributed by atoms with Gasteiger partial charge in [-0.2, -0.15) is 5.10 Å². The number of piperazine rings is 1. The van der Waals surface area contributed by atoms with Gasteiger partial charge in [-0.3, -0.25) is 19.3 Å². The van der Waals surface area contributed by atoms with Gasteiger partial charge < -0.3 is 5.32 Å². The number of amides is 1. The SMILES string of the molecule is CCc1nn(C)c(Cl)c1CN1CCN(CC(=O)NCC2CCS(=O)(=O)C2)CC1. The molecule has 0 bridgehead atoms. The van der Waals surface area contributed by atoms with Gasteiger partial charge in [-0.1, -0.05) is 18.5 Å². The molecule has 10 heteroatoms. The molecule has 2 aliphatic heterocycles. The standard InChI is InChI=1S/C18H30ClN5O3S/c1-3-16-15(18(19)22(2)21-16)11-23-5-7-24(8-6-23)12-17(25)20-10-14-4-9-28(26,27)13-14/h14H,3-13H2,1-2H3,(H,20,25). The fourth-order valence-corrected chi connectivity index (χ4v) is 5.99. The van der Waals surface area contributed by atoms with Crippen molar-refractivity contribution in [2.75, 3.05) is 50.8 Å². The van der Waals surface area contributed by atoms with Crippen molar-refractivity contribution in [2.45, 2.75) is 26.3 Å². The van der Waals surface area contributed by atoms with Crippen molar-refractivity contribution in [3.05, 3.63) is 16.4 Å². The summed E-state index contributed by atoms with van der Waals surface area (Å²) < 4.78 is 24.7. The quantitative estimate of drug-likeness (QED) is 0.668. The lowest BCUT2D eigenvalue weighted by Crippen LogP contribution is -2.49. The molecule has 3 rings (SSSR count). The molecule has 1 aromatic rings. The van der Waals surface area contributed by atoms with Gasteiger partial charge in [0.2, 0.25) is 5.91 Å². The summed E-state index contributed by atoms with van der Waals surface area (Å²) in [5, 5.41) is 8.07. The van der Waals surface area contributed by atoms with Crippen LogP contribution in [0.1, 0.15) is 24.6 Å². The Labute approximate surface area is 172 Å². The van der Waals surface area contributed by atoms with Crippen LogP contribution >= 0.6 is 11.6 Å². The number of rotatable bonds is 7. The number of aryl methyl sites for hydroxylation is 2. The van der Waals surface area contributed by atoms with Gasteiger partial charge >= 0.3 is 0 Å². The Kier molecular flexibility index (Phi) is 7.01. The van der Waals surface area contributed by atoms with Crippen LogP contribution in [0.2, 0.25) is 5.15 Å². The first-order chi connectivity index (χ1) is 13.3. The van der Waals surface area contributed by atoms with Crippen LogP contribution in [0.15, 0.2) is 0 Å². The predicted molar refractivity (Wildman–Crippen MR) is 109 cm³/mol. The summed E-state index contributed by atoms with van der Waals surface area (Å²) in [5.74, 6) is 0.475. The van der Waals surface area contributed by atoms with E-state index in [0.717, 1.165) is 50.4 Å². The summed E-state index contributed by atoms with van der Waals surface area (Å²) in [6.07, 6.45) is 1.51. The fraction of sp³-hybridized carbons (Fsp3) is 0.778. The molecule has 2 saturated heterocycles. The van der Waals surface area contributed by atoms with Crippen molar-refractivity contribution in [3.63, 3.8) is 0 Å². The van der Waals surface area contributed by atoms with Crippen LogP contribution < -0.4 is 5.32 Å². The van der Waals surface area contributed by atoms with E-state index in [9.17, 15) is 13.2 Å². The number of carbonyl (C=O) groups is 1. The van der Waals surface area contributed by atoms with Crippen molar-refractivity contribution in [1.82, 2.24) is 24.9 Å². The van der Waals surface area contributed by atoms with Crippen molar-refractivity contribution in [2.24, 2.45) is 13.0 Å². The molecule has 0 radical (unpaired) electrons. The Morgan fingerprint density at radius 2 is 1.93 bits per heavy atom. The number of hydrogen-bond donors (Lipinski definition) is 1. The number of hydrogen-bond acceptors (Lipinski definition) is 6. The van der Waals surface area contributed by atoms with Gasteiger partial charge in [-0.15, -0.1) is 0 Å². The van der Waals surface area contributed by atoms with Gasteiger partial charge in [0.25, 0.3) is 0 Å². The molecule has 8 nitrogen and oxygen atoms in total. The summed E-state index contributed by atoms with van der Waals surface area (Å²) in [6.45, 7) is 7.09. The molecule has 1 unspecified atom stereocenters. The van der Waals surface area contributed by atoms with Gasteiger partial charge in [-0.05, 0) is 18.8 Å². The molecular formula is C18H30ClN5O3S. The number of carbonyl (C=O) groups excluding carboxylic acids is 1. The van der Waals surface area contributed by atoms with E-state index in [0.29, 0.717) is 24.7 Å². The molecule has 0 aromatic carbocycles. The molecule has 158 valence electrons. The third-order valence-corrected chi connectivity index (χ3v) is 7.93. The zero-order valence-electron chi connectivity index (χ0n) is 16.7. The molecule has 1 aromatic heterocycles. The third-order valence-electron chi connectivity index (χ3n) is 5.62. The van der Waals surface area contributed by atoms with Gasteiger partial charge in [-0.25, -0.2) is 8.42 Å². The Bertz CT molecular complexity index is 802. The Hall–Kier alpha value is -1.16. The first-order valence-corrected chi connectivity index (χ1v) is 12.1. The minimum absolute atomic E-state index is 0.0266. The highest BCUT2D eigenvalue weighted by Crippen LogP contribution is 2.22. The zero-order chi connectivity index (χ0) is 20.3. The second-order valence-electron chi connectivity index (χ2n) is 7.82. The molecule has 2 aliphatic rings. The van der Waals surface area contributed by atoms with E-state index in [1.807, 2.05) is 7.05 Å². The molecule has 2 fully saturated rings. The third kappa shape index (κ3) is 5.46. The van der Waals surface area contributed by atoms with E-state index >= 15 is 0 Å². The van der Waals surface area contributed by atoms with Crippen molar-refractivity contribution in [1.29, 1.82) is 0 Å². The van der Waals surface area contributed by atoms with E-state index in [4.69, 9.17) is 11.6 Å². The summed E-state index contributed by atoms with van der Waals surface area (Å²) in [4.78, 5) is 16.7. The van der Waals surface area contributed by atoms with Gasteiger partial charge in [0.1, 0.15) is 5.15 Å². The maximum Gasteiger partial charge on any atom is 0.234 e. The van der Waals surface area contributed by atoms with Crippen LogP contribution in [0.25, 0.3) is 0 Å². The highest BCUT2D eigenvalue weighted by atomic mass is 35.5. The summed E-state index contributed by atoms with van der Waals surface area (Å²) in [6, 6.07) is 0. The summed E-state index contributed by atoms with van der Waals surface area (Å²) in [5.41, 5.74) is 2.15. The molecule has 1 N–H and O–H groups in total. The molecule has 0 spiro atoms.